The number of fused-ring (bicyclic) bond motifs is 1. The summed E-state index contributed by atoms with van der Waals surface area (Å²) in [5.74, 6) is 0.442. The summed E-state index contributed by atoms with van der Waals surface area (Å²) in [6.45, 7) is 13.0. The molecule has 0 spiro atoms. The van der Waals surface area contributed by atoms with E-state index in [1.54, 1.807) is 6.07 Å². The lowest BCUT2D eigenvalue weighted by Crippen LogP contribution is -2.18. The summed E-state index contributed by atoms with van der Waals surface area (Å²) in [4.78, 5) is 0. The highest BCUT2D eigenvalue weighted by atomic mass is 19.1. The molecule has 170 valence electrons. The zero-order chi connectivity index (χ0) is 23.8. The fourth-order valence-corrected chi connectivity index (χ4v) is 4.73. The standard InChI is InChI=1S/C32H35F/c1-21(2)30-16-9-24(18-31(30)33)17-23(4)25-10-11-27-20-29(15-12-26(27)19-25)32(5,6)28-13-7-22(3)8-14-28/h7-16,18-21,23H,17H2,1-6H3. The Hall–Kier alpha value is -2.93. The van der Waals surface area contributed by atoms with Crippen molar-refractivity contribution in [2.24, 2.45) is 0 Å². The first-order chi connectivity index (χ1) is 15.6. The summed E-state index contributed by atoms with van der Waals surface area (Å²) in [7, 11) is 0. The lowest BCUT2D eigenvalue weighted by Gasteiger charge is -2.27. The van der Waals surface area contributed by atoms with Crippen molar-refractivity contribution >= 4 is 10.8 Å². The molecule has 0 aliphatic rings. The Labute approximate surface area is 198 Å². The summed E-state index contributed by atoms with van der Waals surface area (Å²) >= 11 is 0. The van der Waals surface area contributed by atoms with Crippen molar-refractivity contribution in [1.29, 1.82) is 0 Å². The number of benzene rings is 4. The van der Waals surface area contributed by atoms with E-state index in [9.17, 15) is 4.39 Å². The molecule has 0 aromatic heterocycles. The van der Waals surface area contributed by atoms with E-state index >= 15 is 0 Å². The number of aryl methyl sites for hydroxylation is 1. The minimum absolute atomic E-state index is 0.0555. The summed E-state index contributed by atoms with van der Waals surface area (Å²) in [6.07, 6.45) is 0.833. The second-order valence-electron chi connectivity index (χ2n) is 10.4. The number of rotatable bonds is 6. The van der Waals surface area contributed by atoms with Crippen molar-refractivity contribution in [2.45, 2.75) is 65.2 Å². The van der Waals surface area contributed by atoms with E-state index in [-0.39, 0.29) is 17.2 Å². The summed E-state index contributed by atoms with van der Waals surface area (Å²) < 4.78 is 14.4. The van der Waals surface area contributed by atoms with Gasteiger partial charge in [-0.1, -0.05) is 113 Å². The molecule has 4 rings (SSSR count). The van der Waals surface area contributed by atoms with E-state index in [1.807, 2.05) is 19.9 Å². The van der Waals surface area contributed by atoms with Crippen LogP contribution in [0.25, 0.3) is 10.8 Å². The Balaban J connectivity index is 1.57. The lowest BCUT2D eigenvalue weighted by atomic mass is 9.77. The fraction of sp³-hybridized carbons (Fsp3) is 0.312. The molecular formula is C32H35F. The van der Waals surface area contributed by atoms with Gasteiger partial charge in [0.2, 0.25) is 0 Å². The Morgan fingerprint density at radius 1 is 0.727 bits per heavy atom. The maximum Gasteiger partial charge on any atom is 0.126 e. The quantitative estimate of drug-likeness (QED) is 0.281. The van der Waals surface area contributed by atoms with Crippen LogP contribution in [0.15, 0.2) is 78.9 Å². The molecule has 0 heterocycles. The highest BCUT2D eigenvalue weighted by molar-refractivity contribution is 5.84. The van der Waals surface area contributed by atoms with E-state index in [0.717, 1.165) is 17.5 Å². The Morgan fingerprint density at radius 2 is 1.36 bits per heavy atom. The monoisotopic (exact) mass is 438 g/mol. The van der Waals surface area contributed by atoms with Crippen LogP contribution in [0.1, 0.15) is 79.8 Å². The summed E-state index contributed by atoms with van der Waals surface area (Å²) in [5.41, 5.74) is 7.02. The van der Waals surface area contributed by atoms with Gasteiger partial charge in [0.15, 0.2) is 0 Å². The van der Waals surface area contributed by atoms with Crippen LogP contribution in [-0.4, -0.2) is 0 Å². The van der Waals surface area contributed by atoms with Crippen LogP contribution in [-0.2, 0) is 11.8 Å². The number of hydrogen-bond acceptors (Lipinski definition) is 0. The molecule has 0 N–H and O–H groups in total. The summed E-state index contributed by atoms with van der Waals surface area (Å²) in [5, 5.41) is 2.51. The van der Waals surface area contributed by atoms with Gasteiger partial charge in [-0.05, 0) is 69.8 Å². The van der Waals surface area contributed by atoms with Gasteiger partial charge in [-0.2, -0.15) is 0 Å². The average Bonchev–Trinajstić information content (AvgIpc) is 2.78. The molecule has 0 nitrogen and oxygen atoms in total. The molecule has 0 saturated carbocycles. The predicted molar refractivity (Wildman–Crippen MR) is 140 cm³/mol. The second kappa shape index (κ2) is 9.14. The molecule has 0 aliphatic carbocycles. The maximum absolute atomic E-state index is 14.4. The van der Waals surface area contributed by atoms with Crippen LogP contribution < -0.4 is 0 Å². The first kappa shape index (κ1) is 23.2. The SMILES string of the molecule is Cc1ccc(C(C)(C)c2ccc3cc(C(C)Cc4ccc(C(C)C)c(F)c4)ccc3c2)cc1. The molecule has 33 heavy (non-hydrogen) atoms. The van der Waals surface area contributed by atoms with Gasteiger partial charge >= 0.3 is 0 Å². The fourth-order valence-electron chi connectivity index (χ4n) is 4.73. The van der Waals surface area contributed by atoms with Gasteiger partial charge < -0.3 is 0 Å². The van der Waals surface area contributed by atoms with Crippen LogP contribution >= 0.6 is 0 Å². The van der Waals surface area contributed by atoms with Crippen molar-refractivity contribution < 1.29 is 4.39 Å². The normalized spacial score (nSPS) is 13.0. The van der Waals surface area contributed by atoms with Crippen molar-refractivity contribution in [1.82, 2.24) is 0 Å². The molecule has 1 atom stereocenters. The van der Waals surface area contributed by atoms with Crippen LogP contribution in [0.3, 0.4) is 0 Å². The number of halogens is 1. The largest absolute Gasteiger partial charge is 0.207 e. The van der Waals surface area contributed by atoms with Crippen LogP contribution in [0.4, 0.5) is 4.39 Å². The minimum Gasteiger partial charge on any atom is -0.207 e. The maximum atomic E-state index is 14.4. The Bertz CT molecular complexity index is 1260. The molecule has 0 saturated heterocycles. The molecule has 0 bridgehead atoms. The second-order valence-corrected chi connectivity index (χ2v) is 10.4. The highest BCUT2D eigenvalue weighted by Crippen LogP contribution is 2.34. The van der Waals surface area contributed by atoms with Gasteiger partial charge in [0.25, 0.3) is 0 Å². The van der Waals surface area contributed by atoms with Crippen molar-refractivity contribution in [3.8, 4) is 0 Å². The molecule has 4 aromatic carbocycles. The molecule has 0 radical (unpaired) electrons. The van der Waals surface area contributed by atoms with Gasteiger partial charge in [-0.25, -0.2) is 4.39 Å². The molecular weight excluding hydrogens is 403 g/mol. The van der Waals surface area contributed by atoms with Crippen molar-refractivity contribution in [3.05, 3.63) is 118 Å². The summed E-state index contributed by atoms with van der Waals surface area (Å²) in [6, 6.07) is 28.2. The van der Waals surface area contributed by atoms with E-state index in [0.29, 0.717) is 5.92 Å². The third-order valence-electron chi connectivity index (χ3n) is 7.16. The zero-order valence-corrected chi connectivity index (χ0v) is 20.7. The Kier molecular flexibility index (Phi) is 6.43. The van der Waals surface area contributed by atoms with E-state index in [2.05, 4.69) is 94.4 Å². The molecule has 0 fully saturated rings. The van der Waals surface area contributed by atoms with Crippen molar-refractivity contribution in [3.63, 3.8) is 0 Å². The molecule has 0 amide bonds. The van der Waals surface area contributed by atoms with E-state index in [1.165, 1.54) is 33.0 Å². The van der Waals surface area contributed by atoms with Crippen molar-refractivity contribution in [2.75, 3.05) is 0 Å². The molecule has 1 heteroatoms. The molecule has 0 aliphatic heterocycles. The highest BCUT2D eigenvalue weighted by Gasteiger charge is 2.23. The van der Waals surface area contributed by atoms with Crippen LogP contribution in [0.2, 0.25) is 0 Å². The van der Waals surface area contributed by atoms with E-state index < -0.39 is 0 Å². The van der Waals surface area contributed by atoms with Gasteiger partial charge in [0, 0.05) is 5.41 Å². The van der Waals surface area contributed by atoms with Crippen LogP contribution in [0, 0.1) is 12.7 Å². The number of hydrogen-bond donors (Lipinski definition) is 0. The van der Waals surface area contributed by atoms with Gasteiger partial charge in [-0.3, -0.25) is 0 Å². The third-order valence-corrected chi connectivity index (χ3v) is 7.16. The first-order valence-electron chi connectivity index (χ1n) is 12.0. The topological polar surface area (TPSA) is 0 Å². The molecule has 1 unspecified atom stereocenters. The Morgan fingerprint density at radius 3 is 2.03 bits per heavy atom. The third kappa shape index (κ3) is 4.88. The lowest BCUT2D eigenvalue weighted by molar-refractivity contribution is 0.594. The van der Waals surface area contributed by atoms with Gasteiger partial charge in [0.1, 0.15) is 5.82 Å². The van der Waals surface area contributed by atoms with Gasteiger partial charge in [-0.15, -0.1) is 0 Å². The average molecular weight is 439 g/mol. The zero-order valence-electron chi connectivity index (χ0n) is 20.7. The first-order valence-corrected chi connectivity index (χ1v) is 12.0. The van der Waals surface area contributed by atoms with Gasteiger partial charge in [0.05, 0.1) is 0 Å². The van der Waals surface area contributed by atoms with Crippen LogP contribution in [0.5, 0.6) is 0 Å². The minimum atomic E-state index is -0.0862. The molecule has 4 aromatic rings. The van der Waals surface area contributed by atoms with E-state index in [4.69, 9.17) is 0 Å². The predicted octanol–water partition coefficient (Wildman–Crippen LogP) is 9.08. The smallest absolute Gasteiger partial charge is 0.126 e.